The number of hydrogen-bond donors (Lipinski definition) is 3. The monoisotopic (exact) mass is 509 g/mol. The van der Waals surface area contributed by atoms with E-state index in [4.69, 9.17) is 27.6 Å². The minimum atomic E-state index is -0.648. The van der Waals surface area contributed by atoms with Crippen LogP contribution in [-0.2, 0) is 0 Å². The molecule has 0 spiro atoms. The molecule has 3 aromatic rings. The fraction of sp³-hybridized carbons (Fsp3) is 0.346. The number of aromatic nitrogens is 1. The van der Waals surface area contributed by atoms with Crippen LogP contribution in [0.2, 0.25) is 5.02 Å². The Morgan fingerprint density at radius 3 is 2.75 bits per heavy atom. The molecule has 3 N–H and O–H groups in total. The first-order chi connectivity index (χ1) is 17.5. The van der Waals surface area contributed by atoms with Gasteiger partial charge in [-0.25, -0.2) is 9.64 Å². The van der Waals surface area contributed by atoms with Gasteiger partial charge in [0.1, 0.15) is 30.0 Å². The Bertz CT molecular complexity index is 1270. The minimum absolute atomic E-state index is 0.0929. The third kappa shape index (κ3) is 6.34. The molecule has 0 saturated carbocycles. The largest absolute Gasteiger partial charge is 0.502 e. The highest BCUT2D eigenvalue weighted by atomic mass is 35.5. The smallest absolute Gasteiger partial charge is 0.319 e. The number of aliphatic hydroxyl groups is 1. The van der Waals surface area contributed by atoms with Crippen LogP contribution < -0.4 is 20.1 Å². The summed E-state index contributed by atoms with van der Waals surface area (Å²) in [6.07, 6.45) is 4.50. The van der Waals surface area contributed by atoms with Crippen LogP contribution in [0.1, 0.15) is 19.3 Å². The van der Waals surface area contributed by atoms with Crippen LogP contribution in [0, 0.1) is 6.57 Å². The van der Waals surface area contributed by atoms with Crippen molar-refractivity contribution in [3.8, 4) is 17.2 Å². The van der Waals surface area contributed by atoms with E-state index >= 15 is 0 Å². The summed E-state index contributed by atoms with van der Waals surface area (Å²) >= 11 is 6.29. The van der Waals surface area contributed by atoms with Crippen LogP contribution in [0.25, 0.3) is 15.7 Å². The summed E-state index contributed by atoms with van der Waals surface area (Å²) in [5.74, 6) is 1.32. The third-order valence-electron chi connectivity index (χ3n) is 5.90. The number of likely N-dealkylation sites (tertiary alicyclic amines) is 1. The molecule has 1 aromatic heterocycles. The minimum Gasteiger partial charge on any atom is -0.502 e. The van der Waals surface area contributed by atoms with Crippen LogP contribution in [-0.4, -0.2) is 60.4 Å². The number of carbonyl (C=O) groups excluding carboxylic acids is 1. The van der Waals surface area contributed by atoms with Crippen molar-refractivity contribution in [3.63, 3.8) is 0 Å². The Morgan fingerprint density at radius 1 is 1.22 bits per heavy atom. The van der Waals surface area contributed by atoms with E-state index in [-0.39, 0.29) is 12.6 Å². The van der Waals surface area contributed by atoms with E-state index in [0.29, 0.717) is 51.1 Å². The van der Waals surface area contributed by atoms with Crippen LogP contribution in [0.5, 0.6) is 17.2 Å². The molecule has 1 fully saturated rings. The van der Waals surface area contributed by atoms with E-state index in [9.17, 15) is 9.90 Å². The zero-order valence-corrected chi connectivity index (χ0v) is 20.7. The molecule has 36 heavy (non-hydrogen) atoms. The number of piperidine rings is 1. The number of benzene rings is 2. The molecule has 1 aliphatic rings. The number of β-amino-alcohol motifs (C(OH)–C–C–N with tert-alkyl or cyclic N) is 1. The quantitative estimate of drug-likeness (QED) is 0.360. The van der Waals surface area contributed by atoms with Crippen molar-refractivity contribution in [1.29, 1.82) is 0 Å². The fourth-order valence-electron chi connectivity index (χ4n) is 4.08. The number of nitrogens with zero attached hydrogens (tertiary/aromatic N) is 3. The number of anilines is 1. The number of rotatable bonds is 8. The molecular formula is C26H28ClN5O4. The molecule has 1 saturated heterocycles. The average molecular weight is 510 g/mol. The first-order valence-electron chi connectivity index (χ1n) is 11.8. The second-order valence-electron chi connectivity index (χ2n) is 8.53. The molecule has 0 unspecified atom stereocenters. The van der Waals surface area contributed by atoms with Crippen LogP contribution >= 0.6 is 11.6 Å². The molecule has 0 radical (unpaired) electrons. The molecule has 1 aliphatic heterocycles. The molecule has 9 nitrogen and oxygen atoms in total. The molecule has 0 bridgehead atoms. The second-order valence-corrected chi connectivity index (χ2v) is 8.94. The lowest BCUT2D eigenvalue weighted by Crippen LogP contribution is -2.38. The van der Waals surface area contributed by atoms with Crippen molar-refractivity contribution in [3.05, 3.63) is 59.0 Å². The maximum Gasteiger partial charge on any atom is 0.319 e. The van der Waals surface area contributed by atoms with Crippen molar-refractivity contribution >= 4 is 39.9 Å². The molecule has 188 valence electrons. The first kappa shape index (κ1) is 25.5. The van der Waals surface area contributed by atoms with E-state index < -0.39 is 6.10 Å². The SMILES string of the molecule is [C-]#[N+]c1cc2c(Oc3ccc(NC(=O)NC)c(Cl)c3)ccnc2cc1OC[C@H](O)CN1CCCCC1. The number of fused-ring (bicyclic) bond motifs is 1. The highest BCUT2D eigenvalue weighted by molar-refractivity contribution is 6.33. The van der Waals surface area contributed by atoms with Gasteiger partial charge >= 0.3 is 6.03 Å². The normalized spacial score (nSPS) is 14.6. The van der Waals surface area contributed by atoms with Crippen molar-refractivity contribution in [2.24, 2.45) is 0 Å². The van der Waals surface area contributed by atoms with Crippen molar-refractivity contribution < 1.29 is 19.4 Å². The number of hydrogen-bond acceptors (Lipinski definition) is 6. The van der Waals surface area contributed by atoms with Crippen molar-refractivity contribution in [1.82, 2.24) is 15.2 Å². The predicted molar refractivity (Wildman–Crippen MR) is 139 cm³/mol. The summed E-state index contributed by atoms with van der Waals surface area (Å²) in [6.45, 7) is 10.3. The standard InChI is InChI=1S/C26H28ClN5O4/c1-28-23-13-19-22(14-25(23)35-16-17(33)15-32-10-4-3-5-11-32)30-9-8-24(19)36-18-6-7-21(20(27)12-18)31-26(34)29-2/h6-9,12-14,17,33H,3-5,10-11,15-16H2,2H3,(H2,29,31,34)/t17-/m1/s1. The summed E-state index contributed by atoms with van der Waals surface area (Å²) in [5.41, 5.74) is 1.33. The number of urea groups is 1. The van der Waals surface area contributed by atoms with Crippen molar-refractivity contribution in [2.75, 3.05) is 38.6 Å². The number of nitrogens with one attached hydrogen (secondary N) is 2. The van der Waals surface area contributed by atoms with Gasteiger partial charge < -0.3 is 30.1 Å². The number of pyridine rings is 1. The summed E-state index contributed by atoms with van der Waals surface area (Å²) in [6, 6.07) is 9.59. The highest BCUT2D eigenvalue weighted by Gasteiger charge is 2.17. The Hall–Kier alpha value is -3.58. The van der Waals surface area contributed by atoms with Gasteiger partial charge in [-0.3, -0.25) is 4.98 Å². The number of carbonyl (C=O) groups is 1. The molecule has 1 atom stereocenters. The van der Waals surface area contributed by atoms with Crippen LogP contribution in [0.15, 0.2) is 42.6 Å². The van der Waals surface area contributed by atoms with Gasteiger partial charge in [0.15, 0.2) is 0 Å². The Kier molecular flexibility index (Phi) is 8.44. The van der Waals surface area contributed by atoms with Gasteiger partial charge in [-0.05, 0) is 56.3 Å². The Labute approximate surface area is 214 Å². The summed E-state index contributed by atoms with van der Waals surface area (Å²) in [4.78, 5) is 21.8. The molecule has 2 aromatic carbocycles. The fourth-order valence-corrected chi connectivity index (χ4v) is 4.30. The molecule has 2 heterocycles. The topological polar surface area (TPSA) is 100 Å². The Balaban J connectivity index is 1.50. The van der Waals surface area contributed by atoms with Gasteiger partial charge in [-0.2, -0.15) is 0 Å². The van der Waals surface area contributed by atoms with E-state index in [2.05, 4.69) is 25.4 Å². The predicted octanol–water partition coefficient (Wildman–Crippen LogP) is 5.21. The van der Waals surface area contributed by atoms with Gasteiger partial charge in [-0.15, -0.1) is 0 Å². The summed E-state index contributed by atoms with van der Waals surface area (Å²) in [7, 11) is 1.51. The molecular weight excluding hydrogens is 482 g/mol. The third-order valence-corrected chi connectivity index (χ3v) is 6.21. The van der Waals surface area contributed by atoms with Gasteiger partial charge in [0, 0.05) is 31.2 Å². The molecule has 10 heteroatoms. The van der Waals surface area contributed by atoms with E-state index in [1.54, 1.807) is 42.6 Å². The van der Waals surface area contributed by atoms with Crippen molar-refractivity contribution in [2.45, 2.75) is 25.4 Å². The number of aliphatic hydroxyl groups excluding tert-OH is 1. The Morgan fingerprint density at radius 2 is 2.03 bits per heavy atom. The maximum absolute atomic E-state index is 11.5. The lowest BCUT2D eigenvalue weighted by molar-refractivity contribution is 0.0620. The lowest BCUT2D eigenvalue weighted by Gasteiger charge is -2.28. The summed E-state index contributed by atoms with van der Waals surface area (Å²) in [5, 5.41) is 16.5. The number of halogens is 1. The zero-order chi connectivity index (χ0) is 25.5. The van der Waals surface area contributed by atoms with Crippen LogP contribution in [0.4, 0.5) is 16.2 Å². The van der Waals surface area contributed by atoms with E-state index in [1.165, 1.54) is 13.5 Å². The van der Waals surface area contributed by atoms with Crippen LogP contribution in [0.3, 0.4) is 0 Å². The van der Waals surface area contributed by atoms with Gasteiger partial charge in [0.25, 0.3) is 0 Å². The summed E-state index contributed by atoms with van der Waals surface area (Å²) < 4.78 is 11.9. The molecule has 0 aliphatic carbocycles. The first-order valence-corrected chi connectivity index (χ1v) is 12.1. The average Bonchev–Trinajstić information content (AvgIpc) is 2.89. The van der Waals surface area contributed by atoms with Gasteiger partial charge in [0.2, 0.25) is 5.69 Å². The highest BCUT2D eigenvalue weighted by Crippen LogP contribution is 2.38. The lowest BCUT2D eigenvalue weighted by atomic mass is 10.1. The van der Waals surface area contributed by atoms with Gasteiger partial charge in [0.05, 0.1) is 22.8 Å². The molecule has 2 amide bonds. The van der Waals surface area contributed by atoms with E-state index in [0.717, 1.165) is 25.9 Å². The van der Waals surface area contributed by atoms with E-state index in [1.807, 2.05) is 0 Å². The number of amides is 2. The molecule has 4 rings (SSSR count). The second kappa shape index (κ2) is 11.9. The number of ether oxygens (including phenoxy) is 2. The van der Waals surface area contributed by atoms with Gasteiger partial charge in [-0.1, -0.05) is 18.0 Å². The zero-order valence-electron chi connectivity index (χ0n) is 20.0. The maximum atomic E-state index is 11.5.